The third-order valence-corrected chi connectivity index (χ3v) is 5.54. The molecule has 1 aliphatic heterocycles. The Kier molecular flexibility index (Phi) is 5.16. The van der Waals surface area contributed by atoms with Gasteiger partial charge in [0.1, 0.15) is 11.5 Å². The van der Waals surface area contributed by atoms with Gasteiger partial charge < -0.3 is 10.1 Å². The summed E-state index contributed by atoms with van der Waals surface area (Å²) in [6.45, 7) is 2.13. The van der Waals surface area contributed by atoms with Gasteiger partial charge in [0.2, 0.25) is 5.91 Å². The van der Waals surface area contributed by atoms with Gasteiger partial charge in [-0.2, -0.15) is 0 Å². The summed E-state index contributed by atoms with van der Waals surface area (Å²) in [7, 11) is 0. The molecule has 0 saturated carbocycles. The molecule has 1 amide bonds. The third-order valence-electron chi connectivity index (χ3n) is 4.65. The lowest BCUT2D eigenvalue weighted by molar-refractivity contribution is -0.116. The second kappa shape index (κ2) is 7.89. The first-order chi connectivity index (χ1) is 13.2. The van der Waals surface area contributed by atoms with Crippen molar-refractivity contribution in [2.45, 2.75) is 24.2 Å². The van der Waals surface area contributed by atoms with Crippen LogP contribution in [0.3, 0.4) is 0 Å². The molecular weight excluding hydrogens is 354 g/mol. The van der Waals surface area contributed by atoms with Crippen molar-refractivity contribution in [3.63, 3.8) is 0 Å². The Balaban J connectivity index is 1.54. The number of anilines is 1. The molecule has 0 aromatic heterocycles. The van der Waals surface area contributed by atoms with Crippen LogP contribution in [0.2, 0.25) is 0 Å². The third kappa shape index (κ3) is 3.86. The van der Waals surface area contributed by atoms with Gasteiger partial charge in [-0.05, 0) is 42.2 Å². The highest BCUT2D eigenvalue weighted by atomic mass is 32.2. The molecule has 3 nitrogen and oxygen atoms in total. The summed E-state index contributed by atoms with van der Waals surface area (Å²) in [4.78, 5) is 14.0. The highest BCUT2D eigenvalue weighted by Gasteiger charge is 2.28. The van der Waals surface area contributed by atoms with Gasteiger partial charge in [0, 0.05) is 34.0 Å². The molecule has 0 bridgehead atoms. The molecule has 0 saturated heterocycles. The van der Waals surface area contributed by atoms with Crippen LogP contribution in [0.5, 0.6) is 11.5 Å². The van der Waals surface area contributed by atoms with Crippen LogP contribution in [-0.4, -0.2) is 11.7 Å². The molecule has 0 fully saturated rings. The van der Waals surface area contributed by atoms with Gasteiger partial charge in [-0.25, -0.2) is 0 Å². The number of benzene rings is 3. The van der Waals surface area contributed by atoms with E-state index < -0.39 is 0 Å². The standard InChI is InChI=1S/C23H21NO2S/c1-2-27-17-13-11-16(12-14-17)24-23(25)15-20-18-7-3-5-9-21(18)26-22-10-6-4-8-19(20)22/h3-14,20H,2,15H2,1H3,(H,24,25). The fraction of sp³-hybridized carbons (Fsp3) is 0.174. The number of rotatable bonds is 5. The van der Waals surface area contributed by atoms with E-state index in [1.54, 1.807) is 11.8 Å². The Bertz CT molecular complexity index is 907. The van der Waals surface area contributed by atoms with Crippen LogP contribution < -0.4 is 10.1 Å². The summed E-state index contributed by atoms with van der Waals surface area (Å²) < 4.78 is 6.01. The molecule has 4 rings (SSSR count). The molecule has 0 spiro atoms. The average Bonchev–Trinajstić information content (AvgIpc) is 2.69. The van der Waals surface area contributed by atoms with E-state index in [-0.39, 0.29) is 11.8 Å². The molecule has 4 heteroatoms. The van der Waals surface area contributed by atoms with Crippen molar-refractivity contribution in [1.82, 2.24) is 0 Å². The second-order valence-corrected chi connectivity index (χ2v) is 7.78. The smallest absolute Gasteiger partial charge is 0.225 e. The van der Waals surface area contributed by atoms with E-state index in [1.807, 2.05) is 72.8 Å². The summed E-state index contributed by atoms with van der Waals surface area (Å²) >= 11 is 1.79. The van der Waals surface area contributed by atoms with Crippen molar-refractivity contribution < 1.29 is 9.53 Å². The second-order valence-electron chi connectivity index (χ2n) is 6.44. The minimum absolute atomic E-state index is 0.00222. The number of amides is 1. The van der Waals surface area contributed by atoms with Crippen LogP contribution in [0, 0.1) is 0 Å². The molecule has 0 radical (unpaired) electrons. The first-order valence-corrected chi connectivity index (χ1v) is 10.1. The van der Waals surface area contributed by atoms with Gasteiger partial charge in [-0.15, -0.1) is 11.8 Å². The predicted octanol–water partition coefficient (Wildman–Crippen LogP) is 6.07. The topological polar surface area (TPSA) is 38.3 Å². The van der Waals surface area contributed by atoms with Crippen LogP contribution in [-0.2, 0) is 4.79 Å². The van der Waals surface area contributed by atoms with E-state index in [1.165, 1.54) is 4.90 Å². The zero-order valence-electron chi connectivity index (χ0n) is 15.1. The van der Waals surface area contributed by atoms with Crippen molar-refractivity contribution >= 4 is 23.4 Å². The van der Waals surface area contributed by atoms with Crippen LogP contribution in [0.4, 0.5) is 5.69 Å². The monoisotopic (exact) mass is 375 g/mol. The van der Waals surface area contributed by atoms with Crippen molar-refractivity contribution in [2.75, 3.05) is 11.1 Å². The fourth-order valence-electron chi connectivity index (χ4n) is 3.43. The predicted molar refractivity (Wildman–Crippen MR) is 111 cm³/mol. The maximum absolute atomic E-state index is 12.8. The fourth-order valence-corrected chi connectivity index (χ4v) is 4.09. The summed E-state index contributed by atoms with van der Waals surface area (Å²) in [6.07, 6.45) is 0.378. The molecule has 136 valence electrons. The van der Waals surface area contributed by atoms with Gasteiger partial charge in [0.25, 0.3) is 0 Å². The maximum atomic E-state index is 12.8. The van der Waals surface area contributed by atoms with Crippen LogP contribution in [0.1, 0.15) is 30.4 Å². The molecule has 3 aromatic rings. The van der Waals surface area contributed by atoms with Gasteiger partial charge >= 0.3 is 0 Å². The number of hydrogen-bond acceptors (Lipinski definition) is 3. The Morgan fingerprint density at radius 3 is 2.11 bits per heavy atom. The Hall–Kier alpha value is -2.72. The lowest BCUT2D eigenvalue weighted by Crippen LogP contribution is -2.19. The number of hydrogen-bond donors (Lipinski definition) is 1. The van der Waals surface area contributed by atoms with Crippen LogP contribution >= 0.6 is 11.8 Å². The summed E-state index contributed by atoms with van der Waals surface area (Å²) in [5.41, 5.74) is 2.94. The van der Waals surface area contributed by atoms with E-state index in [9.17, 15) is 4.79 Å². The van der Waals surface area contributed by atoms with Crippen molar-refractivity contribution in [3.8, 4) is 11.5 Å². The molecule has 1 aliphatic rings. The van der Waals surface area contributed by atoms with E-state index in [2.05, 4.69) is 12.2 Å². The first-order valence-electron chi connectivity index (χ1n) is 9.13. The van der Waals surface area contributed by atoms with Crippen molar-refractivity contribution in [2.24, 2.45) is 0 Å². The number of thioether (sulfide) groups is 1. The lowest BCUT2D eigenvalue weighted by Gasteiger charge is -2.27. The molecule has 1 heterocycles. The number of carbonyl (C=O) groups is 1. The summed E-state index contributed by atoms with van der Waals surface area (Å²) in [5, 5.41) is 3.03. The van der Waals surface area contributed by atoms with Crippen molar-refractivity contribution in [3.05, 3.63) is 83.9 Å². The average molecular weight is 375 g/mol. The van der Waals surface area contributed by atoms with Gasteiger partial charge in [-0.1, -0.05) is 43.3 Å². The molecule has 0 atom stereocenters. The number of carbonyl (C=O) groups excluding carboxylic acids is 1. The van der Waals surface area contributed by atoms with E-state index >= 15 is 0 Å². The number of para-hydroxylation sites is 2. The summed E-state index contributed by atoms with van der Waals surface area (Å²) in [5.74, 6) is 2.68. The molecule has 27 heavy (non-hydrogen) atoms. The van der Waals surface area contributed by atoms with E-state index in [0.717, 1.165) is 34.1 Å². The van der Waals surface area contributed by atoms with Crippen LogP contribution in [0.15, 0.2) is 77.7 Å². The Morgan fingerprint density at radius 2 is 1.52 bits per heavy atom. The number of fused-ring (bicyclic) bond motifs is 2. The highest BCUT2D eigenvalue weighted by molar-refractivity contribution is 7.99. The van der Waals surface area contributed by atoms with E-state index in [4.69, 9.17) is 4.74 Å². The minimum atomic E-state index is -0.0129. The highest BCUT2D eigenvalue weighted by Crippen LogP contribution is 2.45. The SMILES string of the molecule is CCSc1ccc(NC(=O)CC2c3ccccc3Oc3ccccc32)cc1. The zero-order chi connectivity index (χ0) is 18.6. The molecule has 1 N–H and O–H groups in total. The van der Waals surface area contributed by atoms with Crippen molar-refractivity contribution in [1.29, 1.82) is 0 Å². The van der Waals surface area contributed by atoms with Crippen LogP contribution in [0.25, 0.3) is 0 Å². The minimum Gasteiger partial charge on any atom is -0.457 e. The van der Waals surface area contributed by atoms with Gasteiger partial charge in [-0.3, -0.25) is 4.79 Å². The first kappa shape index (κ1) is 17.7. The Morgan fingerprint density at radius 1 is 0.926 bits per heavy atom. The lowest BCUT2D eigenvalue weighted by atomic mass is 9.85. The maximum Gasteiger partial charge on any atom is 0.225 e. The van der Waals surface area contributed by atoms with Gasteiger partial charge in [0.05, 0.1) is 0 Å². The van der Waals surface area contributed by atoms with E-state index in [0.29, 0.717) is 6.42 Å². The normalized spacial score (nSPS) is 12.6. The molecular formula is C23H21NO2S. The van der Waals surface area contributed by atoms with Gasteiger partial charge in [0.15, 0.2) is 0 Å². The number of nitrogens with one attached hydrogen (secondary N) is 1. The molecule has 0 aliphatic carbocycles. The molecule has 3 aromatic carbocycles. The Labute approximate surface area is 163 Å². The zero-order valence-corrected chi connectivity index (χ0v) is 16.0. The number of ether oxygens (including phenoxy) is 1. The quantitative estimate of drug-likeness (QED) is 0.550. The summed E-state index contributed by atoms with van der Waals surface area (Å²) in [6, 6.07) is 23.9. The molecule has 0 unspecified atom stereocenters. The largest absolute Gasteiger partial charge is 0.457 e.